The van der Waals surface area contributed by atoms with E-state index in [0.29, 0.717) is 0 Å². The van der Waals surface area contributed by atoms with Gasteiger partial charge in [-0.1, -0.05) is 153 Å². The highest BCUT2D eigenvalue weighted by atomic mass is 16.3. The number of furan rings is 3. The second kappa shape index (κ2) is 14.2. The van der Waals surface area contributed by atoms with Crippen LogP contribution < -0.4 is 4.90 Å². The molecular formula is C63H41NO3. The van der Waals surface area contributed by atoms with E-state index in [1.54, 1.807) is 0 Å². The molecule has 0 radical (unpaired) electrons. The molecule has 67 heavy (non-hydrogen) atoms. The monoisotopic (exact) mass is 859 g/mol. The van der Waals surface area contributed by atoms with E-state index in [9.17, 15) is 0 Å². The smallest absolute Gasteiger partial charge is 0.143 e. The topological polar surface area (TPSA) is 42.7 Å². The quantitative estimate of drug-likeness (QED) is 0.167. The second-order valence-electron chi connectivity index (χ2n) is 18.4. The Balaban J connectivity index is 0.869. The lowest BCUT2D eigenvalue weighted by atomic mass is 9.81. The van der Waals surface area contributed by atoms with Gasteiger partial charge < -0.3 is 18.2 Å². The van der Waals surface area contributed by atoms with Gasteiger partial charge >= 0.3 is 0 Å². The van der Waals surface area contributed by atoms with E-state index in [1.807, 2.05) is 24.3 Å². The summed E-state index contributed by atoms with van der Waals surface area (Å²) in [6.45, 7) is 4.66. The van der Waals surface area contributed by atoms with Gasteiger partial charge in [0, 0.05) is 65.9 Å². The Bertz CT molecular complexity index is 3970. The summed E-state index contributed by atoms with van der Waals surface area (Å²) in [6, 6.07) is 75.9. The highest BCUT2D eigenvalue weighted by Gasteiger charge is 2.35. The van der Waals surface area contributed by atoms with Crippen molar-refractivity contribution in [3.63, 3.8) is 0 Å². The molecule has 0 fully saturated rings. The molecule has 0 unspecified atom stereocenters. The van der Waals surface area contributed by atoms with Gasteiger partial charge in [-0.15, -0.1) is 0 Å². The molecule has 0 atom stereocenters. The fourth-order valence-electron chi connectivity index (χ4n) is 10.9. The van der Waals surface area contributed by atoms with Crippen molar-refractivity contribution in [1.29, 1.82) is 0 Å². The summed E-state index contributed by atoms with van der Waals surface area (Å²) in [7, 11) is 0. The van der Waals surface area contributed by atoms with Crippen LogP contribution in [-0.4, -0.2) is 0 Å². The third-order valence-electron chi connectivity index (χ3n) is 14.3. The largest absolute Gasteiger partial charge is 0.456 e. The Labute approximate surface area is 386 Å². The van der Waals surface area contributed by atoms with E-state index in [2.05, 4.69) is 207 Å². The van der Waals surface area contributed by atoms with Crippen LogP contribution in [0.2, 0.25) is 0 Å². The van der Waals surface area contributed by atoms with Gasteiger partial charge in [0.15, 0.2) is 0 Å². The van der Waals surface area contributed by atoms with Gasteiger partial charge in [-0.05, 0) is 117 Å². The molecule has 0 saturated heterocycles. The molecule has 4 heteroatoms. The SMILES string of the molecule is CC1(C)c2ccccc2-c2ccc(-c3ccc4c(c3)oc3ccc(N(c5ccc(-c6cccc7c6oc6ccccc67)cc5)c5ccc(-c6cccc7c6oc6ccccc67)cc5)cc34)cc21. The van der Waals surface area contributed by atoms with Crippen LogP contribution in [0.1, 0.15) is 25.0 Å². The standard InChI is InChI=1S/C63H41NO3/c1-63(2)55-18-6-3-11-47(55)48-32-25-40(35-56(48)63)41-26-33-51-54-37-44(31-34-59(54)65-60(51)36-41)64(42-27-21-38(22-28-42)45-14-9-16-52-49-12-4-7-19-57(49)66-61(45)52)43-29-23-39(24-30-43)46-15-10-17-53-50-13-5-8-20-58(50)67-62(46)53/h3-37H,1-2H3. The highest BCUT2D eigenvalue weighted by molar-refractivity contribution is 6.11. The fraction of sp³-hybridized carbons (Fsp3) is 0.0476. The minimum Gasteiger partial charge on any atom is -0.456 e. The lowest BCUT2D eigenvalue weighted by Crippen LogP contribution is -2.14. The molecule has 13 aromatic rings. The lowest BCUT2D eigenvalue weighted by Gasteiger charge is -2.26. The zero-order chi connectivity index (χ0) is 44.4. The Morgan fingerprint density at radius 1 is 0.299 bits per heavy atom. The molecule has 3 heterocycles. The van der Waals surface area contributed by atoms with Crippen LogP contribution in [0.4, 0.5) is 17.1 Å². The van der Waals surface area contributed by atoms with Crippen molar-refractivity contribution in [3.8, 4) is 44.5 Å². The van der Waals surface area contributed by atoms with Crippen LogP contribution in [-0.2, 0) is 5.41 Å². The zero-order valence-electron chi connectivity index (χ0n) is 36.9. The van der Waals surface area contributed by atoms with Gasteiger partial charge in [0.2, 0.25) is 0 Å². The molecular weight excluding hydrogens is 819 g/mol. The number of nitrogens with zero attached hydrogens (tertiary/aromatic N) is 1. The number of hydrogen-bond acceptors (Lipinski definition) is 4. The molecule has 4 nitrogen and oxygen atoms in total. The van der Waals surface area contributed by atoms with Crippen molar-refractivity contribution in [3.05, 3.63) is 223 Å². The molecule has 0 aliphatic heterocycles. The van der Waals surface area contributed by atoms with Gasteiger partial charge in [0.25, 0.3) is 0 Å². The predicted octanol–water partition coefficient (Wildman–Crippen LogP) is 18.2. The van der Waals surface area contributed by atoms with E-state index in [-0.39, 0.29) is 5.41 Å². The van der Waals surface area contributed by atoms with E-state index in [1.165, 1.54) is 27.8 Å². The highest BCUT2D eigenvalue weighted by Crippen LogP contribution is 2.50. The molecule has 0 spiro atoms. The lowest BCUT2D eigenvalue weighted by molar-refractivity contribution is 0.660. The average molecular weight is 860 g/mol. The van der Waals surface area contributed by atoms with Crippen molar-refractivity contribution in [2.24, 2.45) is 0 Å². The summed E-state index contributed by atoms with van der Waals surface area (Å²) >= 11 is 0. The van der Waals surface area contributed by atoms with Crippen molar-refractivity contribution in [1.82, 2.24) is 0 Å². The molecule has 14 rings (SSSR count). The third kappa shape index (κ3) is 5.73. The van der Waals surface area contributed by atoms with Crippen molar-refractivity contribution in [2.45, 2.75) is 19.3 Å². The van der Waals surface area contributed by atoms with Crippen LogP contribution in [0, 0.1) is 0 Å². The third-order valence-corrected chi connectivity index (χ3v) is 14.3. The first kappa shape index (κ1) is 37.7. The van der Waals surface area contributed by atoms with Gasteiger partial charge in [-0.3, -0.25) is 0 Å². The molecule has 0 N–H and O–H groups in total. The maximum Gasteiger partial charge on any atom is 0.143 e. The predicted molar refractivity (Wildman–Crippen MR) is 277 cm³/mol. The molecule has 1 aliphatic rings. The van der Waals surface area contributed by atoms with Crippen molar-refractivity contribution >= 4 is 82.9 Å². The minimum absolute atomic E-state index is 0.0700. The molecule has 0 bridgehead atoms. The molecule has 1 aliphatic carbocycles. The fourth-order valence-corrected chi connectivity index (χ4v) is 10.9. The number of rotatable bonds is 6. The molecule has 0 amide bonds. The number of hydrogen-bond donors (Lipinski definition) is 0. The molecule has 10 aromatic carbocycles. The van der Waals surface area contributed by atoms with Crippen LogP contribution in [0.15, 0.2) is 226 Å². The summed E-state index contributed by atoms with van der Waals surface area (Å²) in [5.74, 6) is 0. The number of benzene rings is 10. The molecule has 316 valence electrons. The maximum atomic E-state index is 6.65. The Kier molecular flexibility index (Phi) is 8.00. The first-order chi connectivity index (χ1) is 32.9. The first-order valence-corrected chi connectivity index (χ1v) is 23.0. The van der Waals surface area contributed by atoms with E-state index in [4.69, 9.17) is 13.3 Å². The minimum atomic E-state index is -0.0700. The van der Waals surface area contributed by atoms with Gasteiger partial charge in [-0.2, -0.15) is 0 Å². The van der Waals surface area contributed by atoms with Crippen LogP contribution in [0.5, 0.6) is 0 Å². The molecule has 0 saturated carbocycles. The Morgan fingerprint density at radius 2 is 0.776 bits per heavy atom. The maximum absolute atomic E-state index is 6.65. The van der Waals surface area contributed by atoms with Crippen LogP contribution in [0.25, 0.3) is 110 Å². The Hall–Kier alpha value is -8.60. The van der Waals surface area contributed by atoms with Gasteiger partial charge in [0.1, 0.15) is 33.5 Å². The zero-order valence-corrected chi connectivity index (χ0v) is 36.9. The van der Waals surface area contributed by atoms with Gasteiger partial charge in [0.05, 0.1) is 0 Å². The van der Waals surface area contributed by atoms with E-state index >= 15 is 0 Å². The summed E-state index contributed by atoms with van der Waals surface area (Å²) in [6.07, 6.45) is 0. The number of anilines is 3. The molecule has 3 aromatic heterocycles. The summed E-state index contributed by atoms with van der Waals surface area (Å²) in [5.41, 5.74) is 20.4. The second-order valence-corrected chi connectivity index (χ2v) is 18.4. The summed E-state index contributed by atoms with van der Waals surface area (Å²) in [4.78, 5) is 2.33. The Morgan fingerprint density at radius 3 is 1.43 bits per heavy atom. The number of fused-ring (bicyclic) bond motifs is 12. The van der Waals surface area contributed by atoms with E-state index < -0.39 is 0 Å². The average Bonchev–Trinajstić information content (AvgIpc) is 4.12. The normalized spacial score (nSPS) is 13.0. The number of para-hydroxylation sites is 4. The van der Waals surface area contributed by atoms with Gasteiger partial charge in [-0.25, -0.2) is 0 Å². The van der Waals surface area contributed by atoms with Crippen molar-refractivity contribution < 1.29 is 13.3 Å². The van der Waals surface area contributed by atoms with Crippen LogP contribution >= 0.6 is 0 Å². The summed E-state index contributed by atoms with van der Waals surface area (Å²) in [5, 5.41) is 6.63. The first-order valence-electron chi connectivity index (χ1n) is 23.0. The van der Waals surface area contributed by atoms with Crippen molar-refractivity contribution in [2.75, 3.05) is 4.90 Å². The van der Waals surface area contributed by atoms with Crippen LogP contribution in [0.3, 0.4) is 0 Å². The summed E-state index contributed by atoms with van der Waals surface area (Å²) < 4.78 is 19.6. The van der Waals surface area contributed by atoms with E-state index in [0.717, 1.165) is 111 Å².